The van der Waals surface area contributed by atoms with Crippen LogP contribution in [0.2, 0.25) is 0 Å². The molecule has 0 bridgehead atoms. The van der Waals surface area contributed by atoms with Crippen LogP contribution in [0.5, 0.6) is 0 Å². The molecule has 2 saturated carbocycles. The molecule has 3 aliphatic rings. The Balaban J connectivity index is 0.00000387. The van der Waals surface area contributed by atoms with Gasteiger partial charge in [0.25, 0.3) is 11.8 Å². The van der Waals surface area contributed by atoms with Crippen LogP contribution in [-0.2, 0) is 9.59 Å². The number of carbonyl (C=O) groups excluding carboxylic acids is 3. The second kappa shape index (κ2) is 12.4. The summed E-state index contributed by atoms with van der Waals surface area (Å²) < 4.78 is 0. The van der Waals surface area contributed by atoms with Gasteiger partial charge in [-0.1, -0.05) is 51.1 Å². The van der Waals surface area contributed by atoms with E-state index in [-0.39, 0.29) is 65.8 Å². The summed E-state index contributed by atoms with van der Waals surface area (Å²) in [7, 11) is 0. The zero-order chi connectivity index (χ0) is 28.7. The van der Waals surface area contributed by atoms with E-state index in [4.69, 9.17) is 4.99 Å². The summed E-state index contributed by atoms with van der Waals surface area (Å²) >= 11 is 0. The SMILES string of the molecule is C[C@H](c1ccc(C(=O)NCCC(=O)[O-])cc1)N1C(=O)C(c2cccc(C3CC3)c2)=NC12CCC(C(C)(C)C)CC2.[Na+]. The number of carboxylic acid groups (broad SMARTS) is 1. The zero-order valence-corrected chi connectivity index (χ0v) is 27.0. The van der Waals surface area contributed by atoms with Crippen molar-refractivity contribution in [3.8, 4) is 0 Å². The molecular formula is C33H40N3NaO4. The van der Waals surface area contributed by atoms with Gasteiger partial charge in [0.1, 0.15) is 11.4 Å². The number of carboxylic acids is 1. The Labute approximate surface area is 265 Å². The molecular weight excluding hydrogens is 525 g/mol. The second-order valence-electron chi connectivity index (χ2n) is 12.8. The Morgan fingerprint density at radius 1 is 1.07 bits per heavy atom. The van der Waals surface area contributed by atoms with E-state index >= 15 is 0 Å². The second-order valence-corrected chi connectivity index (χ2v) is 12.8. The molecule has 7 nitrogen and oxygen atoms in total. The summed E-state index contributed by atoms with van der Waals surface area (Å²) in [6.45, 7) is 8.95. The molecule has 2 aliphatic carbocycles. The fraction of sp³-hybridized carbons (Fsp3) is 0.515. The molecule has 2 amide bonds. The van der Waals surface area contributed by atoms with E-state index in [0.29, 0.717) is 23.1 Å². The van der Waals surface area contributed by atoms with Gasteiger partial charge in [0.15, 0.2) is 0 Å². The van der Waals surface area contributed by atoms with Crippen molar-refractivity contribution in [3.05, 3.63) is 70.8 Å². The van der Waals surface area contributed by atoms with Crippen LogP contribution < -0.4 is 40.0 Å². The zero-order valence-electron chi connectivity index (χ0n) is 25.0. The van der Waals surface area contributed by atoms with E-state index in [1.807, 2.05) is 36.1 Å². The van der Waals surface area contributed by atoms with Crippen molar-refractivity contribution in [2.24, 2.45) is 16.3 Å². The number of hydrogen-bond donors (Lipinski definition) is 1. The molecule has 5 rings (SSSR count). The monoisotopic (exact) mass is 565 g/mol. The average molecular weight is 566 g/mol. The van der Waals surface area contributed by atoms with E-state index in [9.17, 15) is 19.5 Å². The first-order valence-corrected chi connectivity index (χ1v) is 14.6. The fourth-order valence-electron chi connectivity index (χ4n) is 6.43. The summed E-state index contributed by atoms with van der Waals surface area (Å²) in [6, 6.07) is 15.4. The Morgan fingerprint density at radius 2 is 1.73 bits per heavy atom. The van der Waals surface area contributed by atoms with Crippen LogP contribution in [0.4, 0.5) is 0 Å². The number of nitrogens with zero attached hydrogens (tertiary/aromatic N) is 2. The van der Waals surface area contributed by atoms with Gasteiger partial charge in [-0.25, -0.2) is 0 Å². The van der Waals surface area contributed by atoms with E-state index in [2.05, 4.69) is 38.2 Å². The van der Waals surface area contributed by atoms with Crippen molar-refractivity contribution in [2.45, 2.75) is 90.3 Å². The fourth-order valence-corrected chi connectivity index (χ4v) is 6.43. The third-order valence-corrected chi connectivity index (χ3v) is 9.07. The van der Waals surface area contributed by atoms with E-state index in [1.165, 1.54) is 18.4 Å². The first-order chi connectivity index (χ1) is 19.0. The number of rotatable bonds is 8. The maximum atomic E-state index is 14.2. The largest absolute Gasteiger partial charge is 1.00 e. The van der Waals surface area contributed by atoms with Gasteiger partial charge >= 0.3 is 29.6 Å². The third kappa shape index (κ3) is 6.79. The van der Waals surface area contributed by atoms with E-state index < -0.39 is 11.6 Å². The van der Waals surface area contributed by atoms with Gasteiger partial charge in [0.05, 0.1) is 6.04 Å². The van der Waals surface area contributed by atoms with Crippen LogP contribution >= 0.6 is 0 Å². The Bertz CT molecular complexity index is 1320. The molecule has 0 unspecified atom stereocenters. The van der Waals surface area contributed by atoms with Gasteiger partial charge in [-0.2, -0.15) is 0 Å². The molecule has 2 fully saturated rings. The van der Waals surface area contributed by atoms with Crippen molar-refractivity contribution in [1.29, 1.82) is 0 Å². The van der Waals surface area contributed by atoms with Crippen LogP contribution in [0.15, 0.2) is 53.5 Å². The number of nitrogens with one attached hydrogen (secondary N) is 1. The van der Waals surface area contributed by atoms with Crippen LogP contribution in [0.1, 0.15) is 112 Å². The molecule has 1 spiro atoms. The first kappa shape index (κ1) is 31.5. The van der Waals surface area contributed by atoms with Crippen LogP contribution in [0.25, 0.3) is 0 Å². The summed E-state index contributed by atoms with van der Waals surface area (Å²) in [5.41, 5.74) is 3.76. The Morgan fingerprint density at radius 3 is 2.32 bits per heavy atom. The molecule has 41 heavy (non-hydrogen) atoms. The summed E-state index contributed by atoms with van der Waals surface area (Å²) in [4.78, 5) is 44.5. The Kier molecular flexibility index (Phi) is 9.52. The Hall–Kier alpha value is -2.48. The van der Waals surface area contributed by atoms with Crippen molar-refractivity contribution in [2.75, 3.05) is 6.54 Å². The van der Waals surface area contributed by atoms with E-state index in [0.717, 1.165) is 36.8 Å². The maximum Gasteiger partial charge on any atom is 1.00 e. The number of aliphatic carboxylic acids is 1. The van der Waals surface area contributed by atoms with Crippen molar-refractivity contribution < 1.29 is 49.0 Å². The molecule has 1 atom stereocenters. The number of carbonyl (C=O) groups is 3. The molecule has 0 aromatic heterocycles. The van der Waals surface area contributed by atoms with Gasteiger partial charge in [0, 0.05) is 30.1 Å². The smallest absolute Gasteiger partial charge is 0.550 e. The van der Waals surface area contributed by atoms with Crippen LogP contribution in [-0.4, -0.2) is 40.6 Å². The van der Waals surface area contributed by atoms with Gasteiger partial charge in [-0.3, -0.25) is 14.6 Å². The minimum atomic E-state index is -1.20. The average Bonchev–Trinajstić information content (AvgIpc) is 3.73. The number of hydrogen-bond acceptors (Lipinski definition) is 5. The number of aliphatic imine (C=N–C) groups is 1. The maximum absolute atomic E-state index is 14.2. The van der Waals surface area contributed by atoms with Crippen molar-refractivity contribution in [1.82, 2.24) is 10.2 Å². The topological polar surface area (TPSA) is 102 Å². The standard InChI is InChI=1S/C33H41N3O4.Na/c1-21(22-8-12-24(13-9-22)30(39)34-19-16-28(37)38)36-31(40)29(26-7-5-6-25(20-26)23-10-11-23)35-33(36)17-14-27(15-18-33)32(2,3)4;/h5-9,12-13,20-21,23,27H,10-11,14-19H2,1-4H3,(H,34,39)(H,37,38);/q;+1/p-1/t21-,27?,33?;/m1./s1. The van der Waals surface area contributed by atoms with Gasteiger partial charge in [0.2, 0.25) is 0 Å². The first-order valence-electron chi connectivity index (χ1n) is 14.6. The van der Waals surface area contributed by atoms with E-state index in [1.54, 1.807) is 12.1 Å². The predicted octanol–water partition coefficient (Wildman–Crippen LogP) is 1.76. The molecule has 1 N–H and O–H groups in total. The molecule has 1 heterocycles. The third-order valence-electron chi connectivity index (χ3n) is 9.07. The minimum absolute atomic E-state index is 0. The van der Waals surface area contributed by atoms with Crippen molar-refractivity contribution in [3.63, 3.8) is 0 Å². The molecule has 2 aromatic carbocycles. The van der Waals surface area contributed by atoms with Gasteiger partial charge in [-0.05, 0) is 92.0 Å². The quantitative estimate of drug-likeness (QED) is 0.493. The molecule has 8 heteroatoms. The normalized spacial score (nSPS) is 23.1. The molecule has 0 radical (unpaired) electrons. The number of benzene rings is 2. The van der Waals surface area contributed by atoms with Gasteiger partial charge in [-0.15, -0.1) is 0 Å². The molecule has 0 saturated heterocycles. The summed E-state index contributed by atoms with van der Waals surface area (Å²) in [5.74, 6) is -0.391. The predicted molar refractivity (Wildman–Crippen MR) is 153 cm³/mol. The number of amides is 2. The van der Waals surface area contributed by atoms with Crippen LogP contribution in [0.3, 0.4) is 0 Å². The minimum Gasteiger partial charge on any atom is -0.550 e. The summed E-state index contributed by atoms with van der Waals surface area (Å²) in [6.07, 6.45) is 5.87. The van der Waals surface area contributed by atoms with Crippen molar-refractivity contribution >= 4 is 23.5 Å². The van der Waals surface area contributed by atoms with Crippen LogP contribution in [0, 0.1) is 11.3 Å². The molecule has 212 valence electrons. The summed E-state index contributed by atoms with van der Waals surface area (Å²) in [5, 5.41) is 13.2. The van der Waals surface area contributed by atoms with Gasteiger partial charge < -0.3 is 20.1 Å². The molecule has 1 aliphatic heterocycles. The molecule has 2 aromatic rings.